The molecule has 1 N–H and O–H groups in total. The minimum Gasteiger partial charge on any atom is -0.338 e. The van der Waals surface area contributed by atoms with Gasteiger partial charge in [-0.3, -0.25) is 4.98 Å². The number of nitrogens with one attached hydrogen (secondary N) is 1. The Morgan fingerprint density at radius 3 is 2.30 bits per heavy atom. The number of hydrogen-bond acceptors (Lipinski definition) is 6. The third-order valence-corrected chi connectivity index (χ3v) is 7.23. The lowest BCUT2D eigenvalue weighted by Crippen LogP contribution is -2.05. The summed E-state index contributed by atoms with van der Waals surface area (Å²) in [4.78, 5) is 18.9. The molecular weight excluding hydrogens is 542 g/mol. The lowest BCUT2D eigenvalue weighted by Gasteiger charge is -2.10. The molecule has 5 aromatic rings. The fourth-order valence-corrected chi connectivity index (χ4v) is 5.22. The van der Waals surface area contributed by atoms with Gasteiger partial charge in [-0.05, 0) is 60.0 Å². The van der Waals surface area contributed by atoms with Crippen LogP contribution in [0, 0.1) is 0 Å². The van der Waals surface area contributed by atoms with Crippen molar-refractivity contribution >= 4 is 56.4 Å². The summed E-state index contributed by atoms with van der Waals surface area (Å²) in [6.45, 7) is 0. The molecule has 2 aromatic carbocycles. The number of rotatable bonds is 7. The lowest BCUT2D eigenvalue weighted by molar-refractivity contribution is -0.137. The van der Waals surface area contributed by atoms with E-state index in [1.54, 1.807) is 30.6 Å². The molecule has 0 saturated heterocycles. The number of alkyl halides is 3. The molecule has 0 aliphatic rings. The largest absolute Gasteiger partial charge is 0.416 e. The van der Waals surface area contributed by atoms with Crippen LogP contribution in [0.1, 0.15) is 27.5 Å². The van der Waals surface area contributed by atoms with Crippen LogP contribution in [-0.2, 0) is 25.4 Å². The van der Waals surface area contributed by atoms with Crippen molar-refractivity contribution in [1.29, 1.82) is 0 Å². The van der Waals surface area contributed by atoms with Crippen molar-refractivity contribution in [3.05, 3.63) is 105 Å². The minimum absolute atomic E-state index is 0.407. The molecule has 3 aromatic heterocycles. The summed E-state index contributed by atoms with van der Waals surface area (Å²) in [5.74, 6) is 0.996. The zero-order valence-corrected chi connectivity index (χ0v) is 21.4. The molecule has 0 spiro atoms. The van der Waals surface area contributed by atoms with Gasteiger partial charge in [0.15, 0.2) is 5.82 Å². The monoisotopic (exact) mass is 559 g/mol. The van der Waals surface area contributed by atoms with Crippen LogP contribution in [0.3, 0.4) is 0 Å². The Hall–Kier alpha value is -3.27. The number of aromatic nitrogens is 4. The molecule has 0 aliphatic heterocycles. The van der Waals surface area contributed by atoms with Crippen molar-refractivity contribution in [2.45, 2.75) is 25.4 Å². The summed E-state index contributed by atoms with van der Waals surface area (Å²) < 4.78 is 39.0. The van der Waals surface area contributed by atoms with E-state index in [1.165, 1.54) is 23.5 Å². The molecule has 5 nitrogen and oxygen atoms in total. The van der Waals surface area contributed by atoms with Crippen molar-refractivity contribution in [1.82, 2.24) is 19.9 Å². The first-order chi connectivity index (χ1) is 17.8. The van der Waals surface area contributed by atoms with E-state index in [9.17, 15) is 13.2 Å². The van der Waals surface area contributed by atoms with E-state index >= 15 is 0 Å². The molecule has 0 amide bonds. The highest BCUT2D eigenvalue weighted by Gasteiger charge is 2.30. The van der Waals surface area contributed by atoms with Crippen molar-refractivity contribution in [2.75, 3.05) is 5.32 Å². The average molecular weight is 560 g/mol. The van der Waals surface area contributed by atoms with E-state index in [4.69, 9.17) is 33.2 Å². The van der Waals surface area contributed by atoms with Gasteiger partial charge in [0.2, 0.25) is 0 Å². The average Bonchev–Trinajstić information content (AvgIpc) is 3.28. The van der Waals surface area contributed by atoms with Crippen LogP contribution in [0.2, 0.25) is 10.0 Å². The third-order valence-electron chi connectivity index (χ3n) is 5.57. The van der Waals surface area contributed by atoms with Crippen LogP contribution in [-0.4, -0.2) is 19.9 Å². The number of anilines is 2. The predicted octanol–water partition coefficient (Wildman–Crippen LogP) is 7.93. The van der Waals surface area contributed by atoms with E-state index in [-0.39, 0.29) is 0 Å². The van der Waals surface area contributed by atoms with Crippen LogP contribution < -0.4 is 5.32 Å². The zero-order valence-electron chi connectivity index (χ0n) is 19.1. The molecule has 0 radical (unpaired) electrons. The maximum absolute atomic E-state index is 13.0. The van der Waals surface area contributed by atoms with Gasteiger partial charge in [-0.1, -0.05) is 46.7 Å². The molecule has 0 bridgehead atoms. The van der Waals surface area contributed by atoms with E-state index in [0.29, 0.717) is 57.0 Å². The molecule has 0 aliphatic carbocycles. The third kappa shape index (κ3) is 6.01. The van der Waals surface area contributed by atoms with E-state index < -0.39 is 11.7 Å². The van der Waals surface area contributed by atoms with Crippen LogP contribution in [0.4, 0.5) is 24.7 Å². The summed E-state index contributed by atoms with van der Waals surface area (Å²) in [6, 6.07) is 13.9. The van der Waals surface area contributed by atoms with Gasteiger partial charge >= 0.3 is 6.18 Å². The molecule has 0 fully saturated rings. The Kier molecular flexibility index (Phi) is 7.28. The first kappa shape index (κ1) is 25.4. The molecule has 188 valence electrons. The van der Waals surface area contributed by atoms with E-state index in [1.807, 2.05) is 12.1 Å². The number of aryl methyl sites for hydroxylation is 2. The standard InChI is InChI=1S/C26H18Cl2F3N5S/c27-19-4-1-5-20(28)18(19)13-22-36-23-24(33-17-9-7-16(8-10-17)26(29,30)31)34-21(35-25(23)37-22)11-6-15-3-2-12-32-14-15/h1-5,7-10,12,14H,6,11,13H2,(H,33,34,35). The van der Waals surface area contributed by atoms with Crippen molar-refractivity contribution in [2.24, 2.45) is 0 Å². The van der Waals surface area contributed by atoms with Crippen molar-refractivity contribution < 1.29 is 13.2 Å². The maximum atomic E-state index is 13.0. The van der Waals surface area contributed by atoms with Gasteiger partial charge in [-0.25, -0.2) is 15.0 Å². The quantitative estimate of drug-likeness (QED) is 0.219. The van der Waals surface area contributed by atoms with Gasteiger partial charge in [0.05, 0.1) is 5.56 Å². The molecule has 5 rings (SSSR count). The Bertz CT molecular complexity index is 1520. The van der Waals surface area contributed by atoms with Gasteiger partial charge in [0.25, 0.3) is 0 Å². The van der Waals surface area contributed by atoms with Crippen LogP contribution >= 0.6 is 34.5 Å². The highest BCUT2D eigenvalue weighted by Crippen LogP contribution is 2.34. The molecular formula is C26H18Cl2F3N5S. The smallest absolute Gasteiger partial charge is 0.338 e. The highest BCUT2D eigenvalue weighted by molar-refractivity contribution is 7.18. The number of nitrogens with zero attached hydrogens (tertiary/aromatic N) is 4. The van der Waals surface area contributed by atoms with Gasteiger partial charge in [-0.2, -0.15) is 13.2 Å². The number of fused-ring (bicyclic) bond motifs is 1. The Morgan fingerprint density at radius 2 is 1.62 bits per heavy atom. The molecule has 0 atom stereocenters. The lowest BCUT2D eigenvalue weighted by atomic mass is 10.1. The van der Waals surface area contributed by atoms with Crippen LogP contribution in [0.5, 0.6) is 0 Å². The van der Waals surface area contributed by atoms with Crippen LogP contribution in [0.15, 0.2) is 67.0 Å². The highest BCUT2D eigenvalue weighted by atomic mass is 35.5. The fourth-order valence-electron chi connectivity index (χ4n) is 3.72. The Balaban J connectivity index is 1.49. The predicted molar refractivity (Wildman–Crippen MR) is 141 cm³/mol. The second-order valence-corrected chi connectivity index (χ2v) is 10.1. The first-order valence-corrected chi connectivity index (χ1v) is 12.8. The van der Waals surface area contributed by atoms with Gasteiger partial charge in [0, 0.05) is 41.0 Å². The maximum Gasteiger partial charge on any atom is 0.416 e. The number of thiazole rings is 1. The summed E-state index contributed by atoms with van der Waals surface area (Å²) >= 11 is 14.1. The number of benzene rings is 2. The fraction of sp³-hybridized carbons (Fsp3) is 0.154. The van der Waals surface area contributed by atoms with E-state index in [0.717, 1.165) is 28.3 Å². The molecule has 11 heteroatoms. The summed E-state index contributed by atoms with van der Waals surface area (Å²) in [5.41, 5.74) is 2.05. The Morgan fingerprint density at radius 1 is 0.865 bits per heavy atom. The first-order valence-electron chi connectivity index (χ1n) is 11.2. The number of pyridine rings is 1. The Labute approximate surface area is 224 Å². The molecule has 0 saturated carbocycles. The van der Waals surface area contributed by atoms with E-state index in [2.05, 4.69) is 15.3 Å². The molecule has 37 heavy (non-hydrogen) atoms. The minimum atomic E-state index is -4.41. The van der Waals surface area contributed by atoms with Gasteiger partial charge in [0.1, 0.15) is 21.2 Å². The van der Waals surface area contributed by atoms with Crippen LogP contribution in [0.25, 0.3) is 10.3 Å². The second kappa shape index (κ2) is 10.6. The summed E-state index contributed by atoms with van der Waals surface area (Å²) in [6.07, 6.45) is 0.724. The van der Waals surface area contributed by atoms with Gasteiger partial charge < -0.3 is 5.32 Å². The SMILES string of the molecule is FC(F)(F)c1ccc(Nc2nc(CCc3cccnc3)nc3sc(Cc4c(Cl)cccc4Cl)nc23)cc1. The molecule has 0 unspecified atom stereocenters. The summed E-state index contributed by atoms with van der Waals surface area (Å²) in [5, 5.41) is 4.94. The van der Waals surface area contributed by atoms with Crippen molar-refractivity contribution in [3.63, 3.8) is 0 Å². The second-order valence-electron chi connectivity index (χ2n) is 8.19. The number of halogens is 5. The topological polar surface area (TPSA) is 63.6 Å². The summed E-state index contributed by atoms with van der Waals surface area (Å²) in [7, 11) is 0. The normalized spacial score (nSPS) is 11.7. The van der Waals surface area contributed by atoms with Crippen molar-refractivity contribution in [3.8, 4) is 0 Å². The molecule has 3 heterocycles. The zero-order chi connectivity index (χ0) is 26.0. The number of hydrogen-bond donors (Lipinski definition) is 1. The van der Waals surface area contributed by atoms with Gasteiger partial charge in [-0.15, -0.1) is 0 Å².